The average molecular weight is 403 g/mol. The first kappa shape index (κ1) is 16.4. The fourth-order valence-electron chi connectivity index (χ4n) is 3.28. The van der Waals surface area contributed by atoms with Crippen molar-refractivity contribution in [1.29, 1.82) is 0 Å². The molecule has 2 aromatic carbocycles. The first-order valence-corrected chi connectivity index (χ1v) is 8.91. The van der Waals surface area contributed by atoms with Gasteiger partial charge in [-0.05, 0) is 42.7 Å². The van der Waals surface area contributed by atoms with Crippen molar-refractivity contribution in [2.24, 2.45) is 0 Å². The van der Waals surface area contributed by atoms with E-state index in [4.69, 9.17) is 9.26 Å². The van der Waals surface area contributed by atoms with E-state index < -0.39 is 0 Å². The number of nitrogens with zero attached hydrogens (tertiary/aromatic N) is 2. The van der Waals surface area contributed by atoms with Gasteiger partial charge in [0.05, 0.1) is 5.41 Å². The molecule has 0 radical (unpaired) electrons. The Hall–Kier alpha value is -2.05. The third-order valence-electron chi connectivity index (χ3n) is 4.66. The van der Waals surface area contributed by atoms with E-state index in [1.807, 2.05) is 12.1 Å². The average Bonchev–Trinajstić information content (AvgIpc) is 3.14. The van der Waals surface area contributed by atoms with Gasteiger partial charge >= 0.3 is 0 Å². The van der Waals surface area contributed by atoms with E-state index in [0.29, 0.717) is 30.5 Å². The lowest BCUT2D eigenvalue weighted by atomic mass is 9.74. The summed E-state index contributed by atoms with van der Waals surface area (Å²) in [5.74, 6) is 0.632. The summed E-state index contributed by atoms with van der Waals surface area (Å²) >= 11 is 3.47. The summed E-state index contributed by atoms with van der Waals surface area (Å²) < 4.78 is 25.7. The molecule has 1 fully saturated rings. The zero-order valence-electron chi connectivity index (χ0n) is 13.4. The van der Waals surface area contributed by atoms with Crippen molar-refractivity contribution in [3.05, 3.63) is 70.3 Å². The van der Waals surface area contributed by atoms with Crippen molar-refractivity contribution in [3.63, 3.8) is 0 Å². The Morgan fingerprint density at radius 1 is 1.04 bits per heavy atom. The molecule has 1 aromatic heterocycles. The molecule has 0 bridgehead atoms. The van der Waals surface area contributed by atoms with Gasteiger partial charge in [-0.2, -0.15) is 4.98 Å². The van der Waals surface area contributed by atoms with Crippen molar-refractivity contribution in [2.75, 3.05) is 13.2 Å². The molecule has 0 N–H and O–H groups in total. The van der Waals surface area contributed by atoms with Gasteiger partial charge in [-0.3, -0.25) is 0 Å². The SMILES string of the molecule is Fc1cccc(-c2noc(C3(c4ccc(Br)cc4)CCOCC3)n2)c1. The van der Waals surface area contributed by atoms with Gasteiger partial charge in [0, 0.05) is 23.2 Å². The van der Waals surface area contributed by atoms with Gasteiger partial charge in [0.15, 0.2) is 0 Å². The number of hydrogen-bond acceptors (Lipinski definition) is 4. The molecule has 25 heavy (non-hydrogen) atoms. The van der Waals surface area contributed by atoms with Gasteiger partial charge in [0.25, 0.3) is 0 Å². The van der Waals surface area contributed by atoms with Crippen LogP contribution in [-0.2, 0) is 10.2 Å². The number of hydrogen-bond donors (Lipinski definition) is 0. The molecule has 2 heterocycles. The molecular formula is C19H16BrFN2O2. The Balaban J connectivity index is 1.77. The lowest BCUT2D eigenvalue weighted by molar-refractivity contribution is 0.0523. The summed E-state index contributed by atoms with van der Waals surface area (Å²) in [7, 11) is 0. The fraction of sp³-hybridized carbons (Fsp3) is 0.263. The van der Waals surface area contributed by atoms with Crippen LogP contribution in [0.5, 0.6) is 0 Å². The minimum absolute atomic E-state index is 0.322. The van der Waals surface area contributed by atoms with Crippen molar-refractivity contribution in [1.82, 2.24) is 10.1 Å². The van der Waals surface area contributed by atoms with E-state index >= 15 is 0 Å². The maximum atomic E-state index is 13.5. The molecule has 3 aromatic rings. The molecular weight excluding hydrogens is 387 g/mol. The maximum Gasteiger partial charge on any atom is 0.237 e. The van der Waals surface area contributed by atoms with Gasteiger partial charge in [-0.25, -0.2) is 4.39 Å². The van der Waals surface area contributed by atoms with Crippen LogP contribution in [0.3, 0.4) is 0 Å². The van der Waals surface area contributed by atoms with Crippen LogP contribution in [0, 0.1) is 5.82 Å². The molecule has 4 nitrogen and oxygen atoms in total. The molecule has 0 spiro atoms. The van der Waals surface area contributed by atoms with Crippen molar-refractivity contribution in [2.45, 2.75) is 18.3 Å². The summed E-state index contributed by atoms with van der Waals surface area (Å²) in [4.78, 5) is 4.60. The quantitative estimate of drug-likeness (QED) is 0.634. The third kappa shape index (κ3) is 3.12. The van der Waals surface area contributed by atoms with E-state index in [1.165, 1.54) is 12.1 Å². The first-order valence-electron chi connectivity index (χ1n) is 8.11. The van der Waals surface area contributed by atoms with Crippen molar-refractivity contribution in [3.8, 4) is 11.4 Å². The predicted molar refractivity (Wildman–Crippen MR) is 94.7 cm³/mol. The van der Waals surface area contributed by atoms with Gasteiger partial charge in [-0.15, -0.1) is 0 Å². The molecule has 128 valence electrons. The summed E-state index contributed by atoms with van der Waals surface area (Å²) in [5, 5.41) is 4.09. The highest BCUT2D eigenvalue weighted by molar-refractivity contribution is 9.10. The Labute approximate surface area is 153 Å². The Kier molecular flexibility index (Phi) is 4.39. The van der Waals surface area contributed by atoms with Crippen LogP contribution >= 0.6 is 15.9 Å². The smallest absolute Gasteiger partial charge is 0.237 e. The summed E-state index contributed by atoms with van der Waals surface area (Å²) in [6, 6.07) is 14.4. The highest BCUT2D eigenvalue weighted by atomic mass is 79.9. The second-order valence-corrected chi connectivity index (χ2v) is 7.05. The van der Waals surface area contributed by atoms with Crippen molar-refractivity contribution >= 4 is 15.9 Å². The lowest BCUT2D eigenvalue weighted by Gasteiger charge is -2.34. The summed E-state index contributed by atoms with van der Waals surface area (Å²) in [6.07, 6.45) is 1.53. The molecule has 0 atom stereocenters. The first-order chi connectivity index (χ1) is 12.2. The van der Waals surface area contributed by atoms with Crippen LogP contribution in [-0.4, -0.2) is 23.4 Å². The number of ether oxygens (including phenoxy) is 1. The van der Waals surface area contributed by atoms with Gasteiger partial charge in [0.2, 0.25) is 11.7 Å². The van der Waals surface area contributed by atoms with Crippen LogP contribution in [0.1, 0.15) is 24.3 Å². The standard InChI is InChI=1S/C19H16BrFN2O2/c20-15-6-4-14(5-7-15)19(8-10-24-11-9-19)18-22-17(23-25-18)13-2-1-3-16(21)12-13/h1-7,12H,8-11H2. The Morgan fingerprint density at radius 2 is 1.80 bits per heavy atom. The third-order valence-corrected chi connectivity index (χ3v) is 5.19. The molecule has 6 heteroatoms. The minimum Gasteiger partial charge on any atom is -0.381 e. The van der Waals surface area contributed by atoms with Crippen LogP contribution in [0.2, 0.25) is 0 Å². The monoisotopic (exact) mass is 402 g/mol. The molecule has 1 aliphatic heterocycles. The molecule has 0 saturated carbocycles. The topological polar surface area (TPSA) is 48.2 Å². The van der Waals surface area contributed by atoms with E-state index in [0.717, 1.165) is 22.9 Å². The second-order valence-electron chi connectivity index (χ2n) is 6.13. The summed E-state index contributed by atoms with van der Waals surface area (Å²) in [6.45, 7) is 1.27. The predicted octanol–water partition coefficient (Wildman–Crippen LogP) is 4.73. The van der Waals surface area contributed by atoms with E-state index in [-0.39, 0.29) is 11.2 Å². The second kappa shape index (κ2) is 6.69. The molecule has 0 unspecified atom stereocenters. The van der Waals surface area contributed by atoms with E-state index in [1.54, 1.807) is 12.1 Å². The van der Waals surface area contributed by atoms with E-state index in [2.05, 4.69) is 38.2 Å². The highest BCUT2D eigenvalue weighted by Crippen LogP contribution is 2.41. The van der Waals surface area contributed by atoms with Gasteiger partial charge in [0.1, 0.15) is 5.82 Å². The van der Waals surface area contributed by atoms with Crippen molar-refractivity contribution < 1.29 is 13.7 Å². The number of halogens is 2. The zero-order chi connectivity index (χ0) is 17.3. The molecule has 0 aliphatic carbocycles. The van der Waals surface area contributed by atoms with Gasteiger partial charge < -0.3 is 9.26 Å². The molecule has 0 amide bonds. The summed E-state index contributed by atoms with van der Waals surface area (Å²) in [5.41, 5.74) is 1.35. The van der Waals surface area contributed by atoms with Crippen LogP contribution in [0.25, 0.3) is 11.4 Å². The normalized spacial score (nSPS) is 16.7. The maximum absolute atomic E-state index is 13.5. The number of benzene rings is 2. The molecule has 1 aliphatic rings. The Bertz CT molecular complexity index is 873. The number of rotatable bonds is 3. The highest BCUT2D eigenvalue weighted by Gasteiger charge is 2.41. The van der Waals surface area contributed by atoms with Gasteiger partial charge in [-0.1, -0.05) is 45.4 Å². The van der Waals surface area contributed by atoms with Crippen LogP contribution in [0.4, 0.5) is 4.39 Å². The fourth-order valence-corrected chi connectivity index (χ4v) is 3.54. The Morgan fingerprint density at radius 3 is 2.52 bits per heavy atom. The molecule has 1 saturated heterocycles. The lowest BCUT2D eigenvalue weighted by Crippen LogP contribution is -2.35. The van der Waals surface area contributed by atoms with Crippen LogP contribution < -0.4 is 0 Å². The zero-order valence-corrected chi connectivity index (χ0v) is 15.0. The largest absolute Gasteiger partial charge is 0.381 e. The minimum atomic E-state index is -0.377. The van der Waals surface area contributed by atoms with E-state index in [9.17, 15) is 4.39 Å². The van der Waals surface area contributed by atoms with Crippen LogP contribution in [0.15, 0.2) is 57.5 Å². The molecule has 4 rings (SSSR count). The number of aromatic nitrogens is 2.